The summed E-state index contributed by atoms with van der Waals surface area (Å²) in [7, 11) is 2.19. The van der Waals surface area contributed by atoms with Gasteiger partial charge in [-0.3, -0.25) is 4.90 Å². The molecule has 0 atom stereocenters. The molecule has 1 nitrogen and oxygen atoms in total. The normalized spacial score (nSPS) is 12.1. The standard InChI is InChI=1S/C13H21N/c1-5-11-14(4)13(2,3)12-9-7-6-8-10-12/h6-10H,5,11H2,1-4H3. The van der Waals surface area contributed by atoms with E-state index in [0.29, 0.717) is 0 Å². The van der Waals surface area contributed by atoms with Gasteiger partial charge in [0.05, 0.1) is 0 Å². The molecule has 1 aromatic carbocycles. The topological polar surface area (TPSA) is 3.24 Å². The zero-order valence-electron chi connectivity index (χ0n) is 9.75. The molecule has 0 amide bonds. The molecule has 0 aromatic heterocycles. The maximum absolute atomic E-state index is 2.41. The van der Waals surface area contributed by atoms with Gasteiger partial charge in [-0.25, -0.2) is 0 Å². The lowest BCUT2D eigenvalue weighted by atomic mass is 9.92. The first-order valence-corrected chi connectivity index (χ1v) is 5.35. The van der Waals surface area contributed by atoms with Gasteiger partial charge in [0.1, 0.15) is 0 Å². The molecule has 0 aliphatic rings. The Morgan fingerprint density at radius 3 is 2.21 bits per heavy atom. The van der Waals surface area contributed by atoms with E-state index < -0.39 is 0 Å². The van der Waals surface area contributed by atoms with E-state index in [9.17, 15) is 0 Å². The molecule has 1 aromatic rings. The lowest BCUT2D eigenvalue weighted by molar-refractivity contribution is 0.157. The fourth-order valence-electron chi connectivity index (χ4n) is 1.68. The second kappa shape index (κ2) is 4.61. The van der Waals surface area contributed by atoms with Gasteiger partial charge in [0.15, 0.2) is 0 Å². The van der Waals surface area contributed by atoms with Crippen molar-refractivity contribution in [3.8, 4) is 0 Å². The Balaban J connectivity index is 2.84. The molecule has 0 heterocycles. The van der Waals surface area contributed by atoms with E-state index in [4.69, 9.17) is 0 Å². The molecule has 1 rings (SSSR count). The molecule has 0 radical (unpaired) electrons. The summed E-state index contributed by atoms with van der Waals surface area (Å²) in [6.45, 7) is 7.91. The van der Waals surface area contributed by atoms with E-state index in [1.54, 1.807) is 0 Å². The second-order valence-electron chi connectivity index (χ2n) is 4.35. The van der Waals surface area contributed by atoms with Gasteiger partial charge in [0.2, 0.25) is 0 Å². The van der Waals surface area contributed by atoms with E-state index >= 15 is 0 Å². The Morgan fingerprint density at radius 1 is 1.14 bits per heavy atom. The predicted molar refractivity (Wildman–Crippen MR) is 62.4 cm³/mol. The van der Waals surface area contributed by atoms with Gasteiger partial charge in [-0.05, 0) is 39.4 Å². The third kappa shape index (κ3) is 2.36. The van der Waals surface area contributed by atoms with E-state index in [0.717, 1.165) is 6.54 Å². The molecule has 0 saturated carbocycles. The fraction of sp³-hybridized carbons (Fsp3) is 0.538. The van der Waals surface area contributed by atoms with Crippen molar-refractivity contribution in [1.29, 1.82) is 0 Å². The minimum Gasteiger partial charge on any atom is -0.297 e. The summed E-state index contributed by atoms with van der Waals surface area (Å²) in [6, 6.07) is 10.7. The van der Waals surface area contributed by atoms with E-state index in [1.165, 1.54) is 12.0 Å². The van der Waals surface area contributed by atoms with Gasteiger partial charge in [-0.1, -0.05) is 37.3 Å². The van der Waals surface area contributed by atoms with Crippen LogP contribution in [0.1, 0.15) is 32.8 Å². The first kappa shape index (κ1) is 11.3. The Morgan fingerprint density at radius 2 is 1.71 bits per heavy atom. The number of rotatable bonds is 4. The zero-order valence-corrected chi connectivity index (χ0v) is 9.75. The SMILES string of the molecule is CCCN(C)C(C)(C)c1ccccc1. The third-order valence-corrected chi connectivity index (χ3v) is 2.99. The van der Waals surface area contributed by atoms with Crippen LogP contribution in [0.15, 0.2) is 30.3 Å². The fourth-order valence-corrected chi connectivity index (χ4v) is 1.68. The predicted octanol–water partition coefficient (Wildman–Crippen LogP) is 3.26. The number of hydrogen-bond acceptors (Lipinski definition) is 1. The summed E-state index contributed by atoms with van der Waals surface area (Å²) < 4.78 is 0. The molecule has 0 aliphatic heterocycles. The van der Waals surface area contributed by atoms with Crippen molar-refractivity contribution >= 4 is 0 Å². The van der Waals surface area contributed by atoms with Crippen LogP contribution in [0, 0.1) is 0 Å². The van der Waals surface area contributed by atoms with E-state index in [-0.39, 0.29) is 5.54 Å². The number of nitrogens with zero attached hydrogens (tertiary/aromatic N) is 1. The van der Waals surface area contributed by atoms with Crippen molar-refractivity contribution in [2.75, 3.05) is 13.6 Å². The maximum Gasteiger partial charge on any atom is 0.0401 e. The minimum absolute atomic E-state index is 0.136. The summed E-state index contributed by atoms with van der Waals surface area (Å²) in [6.07, 6.45) is 1.20. The van der Waals surface area contributed by atoms with Gasteiger partial charge in [0, 0.05) is 5.54 Å². The van der Waals surface area contributed by atoms with E-state index in [1.807, 2.05) is 0 Å². The Hall–Kier alpha value is -0.820. The molecule has 0 unspecified atom stereocenters. The van der Waals surface area contributed by atoms with Crippen LogP contribution in [0.2, 0.25) is 0 Å². The van der Waals surface area contributed by atoms with Crippen LogP contribution in [0.4, 0.5) is 0 Å². The van der Waals surface area contributed by atoms with Crippen molar-refractivity contribution in [1.82, 2.24) is 4.90 Å². The van der Waals surface area contributed by atoms with Gasteiger partial charge in [-0.2, -0.15) is 0 Å². The average Bonchev–Trinajstić information content (AvgIpc) is 2.19. The second-order valence-corrected chi connectivity index (χ2v) is 4.35. The van der Waals surface area contributed by atoms with Crippen molar-refractivity contribution in [3.63, 3.8) is 0 Å². The first-order valence-electron chi connectivity index (χ1n) is 5.35. The molecule has 0 fully saturated rings. The Kier molecular flexibility index (Phi) is 3.70. The molecule has 0 spiro atoms. The summed E-state index contributed by atoms with van der Waals surface area (Å²) in [5, 5.41) is 0. The quantitative estimate of drug-likeness (QED) is 0.706. The Labute approximate surface area is 87.7 Å². The van der Waals surface area contributed by atoms with Crippen molar-refractivity contribution < 1.29 is 0 Å². The van der Waals surface area contributed by atoms with Gasteiger partial charge in [-0.15, -0.1) is 0 Å². The highest BCUT2D eigenvalue weighted by atomic mass is 15.2. The van der Waals surface area contributed by atoms with Crippen LogP contribution in [0.3, 0.4) is 0 Å². The molecule has 0 aliphatic carbocycles. The van der Waals surface area contributed by atoms with Gasteiger partial charge in [0.25, 0.3) is 0 Å². The summed E-state index contributed by atoms with van der Waals surface area (Å²) in [4.78, 5) is 2.41. The average molecular weight is 191 g/mol. The van der Waals surface area contributed by atoms with Gasteiger partial charge < -0.3 is 0 Å². The molecule has 0 N–H and O–H groups in total. The molecular weight excluding hydrogens is 170 g/mol. The minimum atomic E-state index is 0.136. The molecular formula is C13H21N. The summed E-state index contributed by atoms with van der Waals surface area (Å²) >= 11 is 0. The van der Waals surface area contributed by atoms with Crippen LogP contribution < -0.4 is 0 Å². The van der Waals surface area contributed by atoms with Crippen molar-refractivity contribution in [2.45, 2.75) is 32.7 Å². The van der Waals surface area contributed by atoms with Crippen LogP contribution in [0.5, 0.6) is 0 Å². The summed E-state index contributed by atoms with van der Waals surface area (Å²) in [5.74, 6) is 0. The van der Waals surface area contributed by atoms with Crippen LogP contribution in [0.25, 0.3) is 0 Å². The van der Waals surface area contributed by atoms with Gasteiger partial charge >= 0.3 is 0 Å². The van der Waals surface area contributed by atoms with Crippen LogP contribution in [-0.4, -0.2) is 18.5 Å². The lowest BCUT2D eigenvalue weighted by Crippen LogP contribution is -2.38. The number of benzene rings is 1. The van der Waals surface area contributed by atoms with Crippen molar-refractivity contribution in [2.24, 2.45) is 0 Å². The maximum atomic E-state index is 2.41. The lowest BCUT2D eigenvalue weighted by Gasteiger charge is -2.36. The zero-order chi connectivity index (χ0) is 10.6. The summed E-state index contributed by atoms with van der Waals surface area (Å²) in [5.41, 5.74) is 1.52. The van der Waals surface area contributed by atoms with Crippen LogP contribution >= 0.6 is 0 Å². The Bertz CT molecular complexity index is 264. The third-order valence-electron chi connectivity index (χ3n) is 2.99. The molecule has 1 heteroatoms. The molecule has 78 valence electrons. The molecule has 14 heavy (non-hydrogen) atoms. The smallest absolute Gasteiger partial charge is 0.0401 e. The monoisotopic (exact) mass is 191 g/mol. The largest absolute Gasteiger partial charge is 0.297 e. The highest BCUT2D eigenvalue weighted by molar-refractivity contribution is 5.22. The van der Waals surface area contributed by atoms with E-state index in [2.05, 4.69) is 63.1 Å². The van der Waals surface area contributed by atoms with Crippen LogP contribution in [-0.2, 0) is 5.54 Å². The number of hydrogen-bond donors (Lipinski definition) is 0. The molecule has 0 bridgehead atoms. The molecule has 0 saturated heterocycles. The highest BCUT2D eigenvalue weighted by Gasteiger charge is 2.24. The van der Waals surface area contributed by atoms with Crippen molar-refractivity contribution in [3.05, 3.63) is 35.9 Å². The first-order chi connectivity index (χ1) is 6.59. The highest BCUT2D eigenvalue weighted by Crippen LogP contribution is 2.25.